The fourth-order valence-electron chi connectivity index (χ4n) is 4.65. The van der Waals surface area contributed by atoms with E-state index in [1.54, 1.807) is 83.1 Å². The zero-order chi connectivity index (χ0) is 41.3. The van der Waals surface area contributed by atoms with Crippen LogP contribution >= 0.6 is 0 Å². The van der Waals surface area contributed by atoms with Gasteiger partial charge in [-0.25, -0.2) is 28.8 Å². The fraction of sp³-hybridized carbons (Fsp3) is 0.794. The molecule has 304 valence electrons. The summed E-state index contributed by atoms with van der Waals surface area (Å²) in [6.45, 7) is 20.0. The van der Waals surface area contributed by atoms with E-state index in [1.807, 2.05) is 0 Å². The van der Waals surface area contributed by atoms with E-state index in [4.69, 9.17) is 18.9 Å². The summed E-state index contributed by atoms with van der Waals surface area (Å²) in [5.74, 6) is -2.77. The summed E-state index contributed by atoms with van der Waals surface area (Å²) >= 11 is 0. The molecule has 2 saturated heterocycles. The summed E-state index contributed by atoms with van der Waals surface area (Å²) in [4.78, 5) is 90.2. The van der Waals surface area contributed by atoms with E-state index in [9.17, 15) is 43.8 Å². The number of hydrogen-bond donors (Lipinski definition) is 3. The number of carboxylic acids is 1. The van der Waals surface area contributed by atoms with Crippen molar-refractivity contribution in [2.75, 3.05) is 53.0 Å². The first-order valence-corrected chi connectivity index (χ1v) is 17.2. The normalized spacial score (nSPS) is 18.8. The second kappa shape index (κ2) is 18.5. The summed E-state index contributed by atoms with van der Waals surface area (Å²) in [6, 6.07) is -3.62. The molecule has 3 N–H and O–H groups in total. The van der Waals surface area contributed by atoms with E-state index in [0.29, 0.717) is 0 Å². The fourth-order valence-corrected chi connectivity index (χ4v) is 4.65. The standard InChI is InChI=1S/C19H33N3O8.C15H26N2O6/c1-18(2,3)29-16(26)21-8-9-22(17(27)30-19(4,5)6)13(10-21)14(24)20-12(11-23)15(25)28-7;1-14(2,3)22-12(20)16-7-8-17(10(9-16)11(18)19)13(21)23-15(4,5)6/h12-13,23H,8-11H2,1-7H3,(H,20,24);10H,7-9H2,1-6H3,(H,18,19)/t12-,13?;/m1./s1. The van der Waals surface area contributed by atoms with E-state index in [2.05, 4.69) is 10.1 Å². The second-order valence-electron chi connectivity index (χ2n) is 16.3. The smallest absolute Gasteiger partial charge is 0.411 e. The van der Waals surface area contributed by atoms with Gasteiger partial charge in [-0.15, -0.1) is 0 Å². The van der Waals surface area contributed by atoms with Crippen molar-refractivity contribution in [1.82, 2.24) is 24.9 Å². The van der Waals surface area contributed by atoms with Crippen LogP contribution in [-0.4, -0.2) is 166 Å². The molecule has 2 heterocycles. The molecule has 19 nitrogen and oxygen atoms in total. The van der Waals surface area contributed by atoms with Crippen molar-refractivity contribution in [2.45, 2.75) is 124 Å². The Hall–Kier alpha value is -4.55. The van der Waals surface area contributed by atoms with Gasteiger partial charge < -0.3 is 49.0 Å². The summed E-state index contributed by atoms with van der Waals surface area (Å²) in [6.07, 6.45) is -2.65. The average molecular weight is 762 g/mol. The number of carbonyl (C=O) groups is 7. The zero-order valence-corrected chi connectivity index (χ0v) is 33.3. The van der Waals surface area contributed by atoms with Crippen LogP contribution in [-0.2, 0) is 38.1 Å². The number of hydrogen-bond acceptors (Lipinski definition) is 13. The highest BCUT2D eigenvalue weighted by Gasteiger charge is 2.42. The first kappa shape index (κ1) is 46.5. The van der Waals surface area contributed by atoms with E-state index in [-0.39, 0.29) is 39.3 Å². The number of aliphatic carboxylic acids is 1. The highest BCUT2D eigenvalue weighted by Crippen LogP contribution is 2.20. The van der Waals surface area contributed by atoms with E-state index in [1.165, 1.54) is 14.7 Å². The molecule has 0 aliphatic carbocycles. The molecular formula is C34H59N5O14. The number of nitrogens with zero attached hydrogens (tertiary/aromatic N) is 4. The minimum absolute atomic E-state index is 0.0221. The number of rotatable bonds is 5. The number of nitrogens with one attached hydrogen (secondary N) is 1. The molecular weight excluding hydrogens is 702 g/mol. The van der Waals surface area contributed by atoms with Crippen molar-refractivity contribution in [2.24, 2.45) is 0 Å². The average Bonchev–Trinajstić information content (AvgIpc) is 2.99. The molecule has 2 unspecified atom stereocenters. The van der Waals surface area contributed by atoms with Crippen LogP contribution < -0.4 is 5.32 Å². The molecule has 0 radical (unpaired) electrons. The molecule has 5 amide bonds. The maximum Gasteiger partial charge on any atom is 0.411 e. The van der Waals surface area contributed by atoms with Gasteiger partial charge in [0.2, 0.25) is 5.91 Å². The van der Waals surface area contributed by atoms with Crippen LogP contribution in [0.25, 0.3) is 0 Å². The lowest BCUT2D eigenvalue weighted by Gasteiger charge is -2.41. The third-order valence-electron chi connectivity index (χ3n) is 6.89. The van der Waals surface area contributed by atoms with Gasteiger partial charge >= 0.3 is 36.3 Å². The molecule has 0 aromatic heterocycles. The Kier molecular flexibility index (Phi) is 16.2. The van der Waals surface area contributed by atoms with Gasteiger partial charge in [0.25, 0.3) is 0 Å². The quantitative estimate of drug-likeness (QED) is 0.270. The summed E-state index contributed by atoms with van der Waals surface area (Å²) in [7, 11) is 1.12. The molecule has 3 atom stereocenters. The lowest BCUT2D eigenvalue weighted by molar-refractivity contribution is -0.147. The molecule has 0 aromatic rings. The van der Waals surface area contributed by atoms with Gasteiger partial charge in [-0.1, -0.05) is 0 Å². The van der Waals surface area contributed by atoms with Gasteiger partial charge in [-0.05, 0) is 83.1 Å². The number of aliphatic hydroxyl groups is 1. The van der Waals surface area contributed by atoms with Crippen molar-refractivity contribution in [1.29, 1.82) is 0 Å². The maximum absolute atomic E-state index is 12.9. The summed E-state index contributed by atoms with van der Waals surface area (Å²) < 4.78 is 25.7. The van der Waals surface area contributed by atoms with Gasteiger partial charge in [0, 0.05) is 26.2 Å². The molecule has 0 saturated carbocycles. The Morgan fingerprint density at radius 3 is 1.26 bits per heavy atom. The zero-order valence-electron chi connectivity index (χ0n) is 33.3. The van der Waals surface area contributed by atoms with Crippen LogP contribution in [0.3, 0.4) is 0 Å². The molecule has 0 bridgehead atoms. The third-order valence-corrected chi connectivity index (χ3v) is 6.89. The Morgan fingerprint density at radius 1 is 0.604 bits per heavy atom. The van der Waals surface area contributed by atoms with E-state index >= 15 is 0 Å². The number of carboxylic acid groups (broad SMARTS) is 1. The Balaban J connectivity index is 0.000000549. The molecule has 2 rings (SSSR count). The van der Waals surface area contributed by atoms with Crippen molar-refractivity contribution < 1.29 is 67.5 Å². The first-order valence-electron chi connectivity index (χ1n) is 17.2. The summed E-state index contributed by atoms with van der Waals surface area (Å²) in [5.41, 5.74) is -2.91. The summed E-state index contributed by atoms with van der Waals surface area (Å²) in [5, 5.41) is 21.1. The van der Waals surface area contributed by atoms with Crippen LogP contribution in [0.15, 0.2) is 0 Å². The number of carbonyl (C=O) groups excluding carboxylic acids is 6. The number of piperazine rings is 2. The van der Waals surface area contributed by atoms with Crippen molar-refractivity contribution in [3.63, 3.8) is 0 Å². The van der Waals surface area contributed by atoms with Crippen LogP contribution in [0, 0.1) is 0 Å². The third kappa shape index (κ3) is 16.3. The second-order valence-corrected chi connectivity index (χ2v) is 16.3. The van der Waals surface area contributed by atoms with Crippen molar-refractivity contribution in [3.05, 3.63) is 0 Å². The molecule has 2 fully saturated rings. The van der Waals surface area contributed by atoms with Gasteiger partial charge in [0.05, 0.1) is 26.8 Å². The van der Waals surface area contributed by atoms with Gasteiger partial charge in [-0.3, -0.25) is 14.6 Å². The van der Waals surface area contributed by atoms with Crippen LogP contribution in [0.1, 0.15) is 83.1 Å². The van der Waals surface area contributed by atoms with Crippen LogP contribution in [0.4, 0.5) is 19.2 Å². The number of ether oxygens (including phenoxy) is 5. The van der Waals surface area contributed by atoms with Crippen LogP contribution in [0.2, 0.25) is 0 Å². The minimum atomic E-state index is -1.31. The van der Waals surface area contributed by atoms with Crippen molar-refractivity contribution >= 4 is 42.2 Å². The molecule has 19 heteroatoms. The van der Waals surface area contributed by atoms with Crippen molar-refractivity contribution in [3.8, 4) is 0 Å². The largest absolute Gasteiger partial charge is 0.480 e. The predicted molar refractivity (Wildman–Crippen MR) is 188 cm³/mol. The van der Waals surface area contributed by atoms with Gasteiger partial charge in [-0.2, -0.15) is 0 Å². The number of methoxy groups -OCH3 is 1. The molecule has 2 aliphatic heterocycles. The van der Waals surface area contributed by atoms with Crippen LogP contribution in [0.5, 0.6) is 0 Å². The molecule has 53 heavy (non-hydrogen) atoms. The highest BCUT2D eigenvalue weighted by atomic mass is 16.6. The number of aliphatic hydroxyl groups excluding tert-OH is 1. The van der Waals surface area contributed by atoms with E-state index in [0.717, 1.165) is 12.0 Å². The SMILES string of the molecule is CC(C)(C)OC(=O)N1CCN(C(=O)OC(C)(C)C)C(C(=O)O)C1.COC(=O)[C@@H](CO)NC(=O)C1CN(C(=O)OC(C)(C)C)CCN1C(=O)OC(C)(C)C. The lowest BCUT2D eigenvalue weighted by atomic mass is 10.1. The number of amides is 5. The topological polar surface area (TPSA) is 231 Å². The molecule has 0 spiro atoms. The highest BCUT2D eigenvalue weighted by molar-refractivity contribution is 5.90. The Bertz CT molecular complexity index is 1330. The molecule has 2 aliphatic rings. The molecule has 0 aromatic carbocycles. The maximum atomic E-state index is 12.9. The van der Waals surface area contributed by atoms with E-state index < -0.39 is 89.4 Å². The Labute approximate surface area is 311 Å². The number of esters is 1. The minimum Gasteiger partial charge on any atom is -0.480 e. The predicted octanol–water partition coefficient (Wildman–Crippen LogP) is 2.42. The van der Waals surface area contributed by atoms with Gasteiger partial charge in [0.1, 0.15) is 28.4 Å². The lowest BCUT2D eigenvalue weighted by Crippen LogP contribution is -2.63. The monoisotopic (exact) mass is 761 g/mol. The van der Waals surface area contributed by atoms with Gasteiger partial charge in [0.15, 0.2) is 12.1 Å². The Morgan fingerprint density at radius 2 is 0.943 bits per heavy atom. The first-order chi connectivity index (χ1) is 24.0.